The molecule has 2 heterocycles. The van der Waals surface area contributed by atoms with Gasteiger partial charge >= 0.3 is 0 Å². The van der Waals surface area contributed by atoms with E-state index in [0.717, 1.165) is 0 Å². The minimum Gasteiger partial charge on any atom is -0.391 e. The molecule has 2 aliphatic heterocycles. The average molecular weight is 241 g/mol. The third-order valence-electron chi connectivity index (χ3n) is 3.64. The van der Waals surface area contributed by atoms with Crippen LogP contribution in [0.5, 0.6) is 0 Å². The maximum Gasteiger partial charge on any atom is 0.248 e. The number of rotatable bonds is 2. The summed E-state index contributed by atoms with van der Waals surface area (Å²) < 4.78 is 0. The lowest BCUT2D eigenvalue weighted by Gasteiger charge is -2.35. The zero-order valence-corrected chi connectivity index (χ0v) is 10.4. The lowest BCUT2D eigenvalue weighted by Crippen LogP contribution is -2.64. The first-order valence-corrected chi connectivity index (χ1v) is 5.87. The first-order chi connectivity index (χ1) is 7.91. The molecule has 6 nitrogen and oxygen atoms in total. The SMILES string of the molecule is C[C@H](O)[C@H]1NC(=O)[C@@H]2C[C@@H](N(C)C)CN2C1=O. The molecule has 2 rings (SSSR count). The number of piperazine rings is 1. The summed E-state index contributed by atoms with van der Waals surface area (Å²) >= 11 is 0. The van der Waals surface area contributed by atoms with Gasteiger partial charge in [-0.3, -0.25) is 9.59 Å². The summed E-state index contributed by atoms with van der Waals surface area (Å²) in [6, 6.07) is -0.952. The maximum atomic E-state index is 12.1. The number of likely N-dealkylation sites (N-methyl/N-ethyl adjacent to an activating group) is 1. The molecular weight excluding hydrogens is 222 g/mol. The fourth-order valence-corrected chi connectivity index (χ4v) is 2.50. The normalized spacial score (nSPS) is 34.9. The maximum absolute atomic E-state index is 12.1. The summed E-state index contributed by atoms with van der Waals surface area (Å²) in [6.45, 7) is 2.08. The zero-order chi connectivity index (χ0) is 12.7. The molecule has 0 bridgehead atoms. The Hall–Kier alpha value is -1.14. The molecule has 0 spiro atoms. The first-order valence-electron chi connectivity index (χ1n) is 5.87. The Balaban J connectivity index is 2.18. The zero-order valence-electron chi connectivity index (χ0n) is 10.4. The fraction of sp³-hybridized carbons (Fsp3) is 0.818. The van der Waals surface area contributed by atoms with Gasteiger partial charge in [-0.05, 0) is 27.4 Å². The summed E-state index contributed by atoms with van der Waals surface area (Å²) in [5, 5.41) is 12.1. The van der Waals surface area contributed by atoms with Crippen LogP contribution in [0, 0.1) is 0 Å². The van der Waals surface area contributed by atoms with Gasteiger partial charge in [0.15, 0.2) is 0 Å². The topological polar surface area (TPSA) is 72.9 Å². The van der Waals surface area contributed by atoms with Gasteiger partial charge in [0, 0.05) is 12.6 Å². The second-order valence-electron chi connectivity index (χ2n) is 5.09. The Kier molecular flexibility index (Phi) is 3.09. The van der Waals surface area contributed by atoms with Crippen molar-refractivity contribution < 1.29 is 14.7 Å². The van der Waals surface area contributed by atoms with Crippen molar-refractivity contribution in [2.24, 2.45) is 0 Å². The summed E-state index contributed by atoms with van der Waals surface area (Å²) in [6.07, 6.45) is -0.192. The molecule has 0 aromatic carbocycles. The van der Waals surface area contributed by atoms with Crippen molar-refractivity contribution in [3.05, 3.63) is 0 Å². The third kappa shape index (κ3) is 2.02. The van der Waals surface area contributed by atoms with Gasteiger partial charge in [-0.1, -0.05) is 0 Å². The van der Waals surface area contributed by atoms with Gasteiger partial charge in [0.2, 0.25) is 11.8 Å². The molecule has 0 aromatic heterocycles. The van der Waals surface area contributed by atoms with E-state index in [1.807, 2.05) is 19.0 Å². The van der Waals surface area contributed by atoms with Crippen molar-refractivity contribution in [3.63, 3.8) is 0 Å². The first kappa shape index (κ1) is 12.3. The summed E-state index contributed by atoms with van der Waals surface area (Å²) in [5.74, 6) is -0.325. The van der Waals surface area contributed by atoms with E-state index in [0.29, 0.717) is 13.0 Å². The van der Waals surface area contributed by atoms with Crippen LogP contribution >= 0.6 is 0 Å². The van der Waals surface area contributed by atoms with Crippen molar-refractivity contribution in [2.45, 2.75) is 37.6 Å². The Labute approximate surface area is 101 Å². The van der Waals surface area contributed by atoms with Gasteiger partial charge < -0.3 is 20.2 Å². The molecule has 2 amide bonds. The van der Waals surface area contributed by atoms with Crippen molar-refractivity contribution in [3.8, 4) is 0 Å². The van der Waals surface area contributed by atoms with E-state index in [4.69, 9.17) is 0 Å². The molecule has 0 aromatic rings. The number of hydrogen-bond donors (Lipinski definition) is 2. The molecule has 0 saturated carbocycles. The molecule has 2 fully saturated rings. The van der Waals surface area contributed by atoms with Gasteiger partial charge in [0.25, 0.3) is 0 Å². The summed E-state index contributed by atoms with van der Waals surface area (Å²) in [4.78, 5) is 27.6. The van der Waals surface area contributed by atoms with Crippen molar-refractivity contribution in [1.82, 2.24) is 15.1 Å². The number of nitrogens with one attached hydrogen (secondary N) is 1. The monoisotopic (exact) mass is 241 g/mol. The highest BCUT2D eigenvalue weighted by Crippen LogP contribution is 2.25. The highest BCUT2D eigenvalue weighted by molar-refractivity contribution is 5.97. The number of carbonyl (C=O) groups is 2. The number of carbonyl (C=O) groups excluding carboxylic acids is 2. The summed E-state index contributed by atoms with van der Waals surface area (Å²) in [7, 11) is 3.88. The number of nitrogens with zero attached hydrogens (tertiary/aromatic N) is 2. The minimum atomic E-state index is -0.856. The van der Waals surface area contributed by atoms with Crippen molar-refractivity contribution >= 4 is 11.8 Å². The van der Waals surface area contributed by atoms with Crippen LogP contribution in [0.1, 0.15) is 13.3 Å². The Morgan fingerprint density at radius 1 is 1.47 bits per heavy atom. The Morgan fingerprint density at radius 3 is 2.65 bits per heavy atom. The molecule has 96 valence electrons. The summed E-state index contributed by atoms with van der Waals surface area (Å²) in [5.41, 5.74) is 0. The van der Waals surface area contributed by atoms with Crippen molar-refractivity contribution in [2.75, 3.05) is 20.6 Å². The van der Waals surface area contributed by atoms with Crippen LogP contribution in [0.15, 0.2) is 0 Å². The van der Waals surface area contributed by atoms with Crippen LogP contribution in [-0.4, -0.2) is 71.6 Å². The highest BCUT2D eigenvalue weighted by Gasteiger charge is 2.47. The molecule has 4 atom stereocenters. The van der Waals surface area contributed by atoms with Crippen LogP contribution in [0.3, 0.4) is 0 Å². The molecule has 0 unspecified atom stereocenters. The molecular formula is C11H19N3O3. The average Bonchev–Trinajstić information content (AvgIpc) is 2.68. The van der Waals surface area contributed by atoms with E-state index in [1.165, 1.54) is 6.92 Å². The van der Waals surface area contributed by atoms with Crippen LogP contribution in [0.25, 0.3) is 0 Å². The number of amides is 2. The van der Waals surface area contributed by atoms with Crippen LogP contribution in [-0.2, 0) is 9.59 Å². The molecule has 0 aliphatic carbocycles. The second kappa shape index (κ2) is 4.27. The van der Waals surface area contributed by atoms with Gasteiger partial charge in [0.05, 0.1) is 6.10 Å². The van der Waals surface area contributed by atoms with E-state index < -0.39 is 12.1 Å². The van der Waals surface area contributed by atoms with E-state index in [1.54, 1.807) is 4.90 Å². The van der Waals surface area contributed by atoms with E-state index in [2.05, 4.69) is 5.32 Å². The fourth-order valence-electron chi connectivity index (χ4n) is 2.50. The van der Waals surface area contributed by atoms with Gasteiger partial charge in [-0.15, -0.1) is 0 Å². The quantitative estimate of drug-likeness (QED) is 0.610. The minimum absolute atomic E-state index is 0.153. The van der Waals surface area contributed by atoms with Gasteiger partial charge in [-0.25, -0.2) is 0 Å². The smallest absolute Gasteiger partial charge is 0.248 e. The predicted molar refractivity (Wildman–Crippen MR) is 61.2 cm³/mol. The molecule has 2 N–H and O–H groups in total. The number of aliphatic hydroxyl groups excluding tert-OH is 1. The molecule has 0 radical (unpaired) electrons. The van der Waals surface area contributed by atoms with E-state index >= 15 is 0 Å². The molecule has 2 saturated heterocycles. The largest absolute Gasteiger partial charge is 0.391 e. The van der Waals surface area contributed by atoms with E-state index in [-0.39, 0.29) is 23.9 Å². The molecule has 6 heteroatoms. The Bertz CT molecular complexity index is 343. The lowest BCUT2D eigenvalue weighted by molar-refractivity contribution is -0.149. The van der Waals surface area contributed by atoms with Crippen molar-refractivity contribution in [1.29, 1.82) is 0 Å². The number of aliphatic hydroxyl groups is 1. The van der Waals surface area contributed by atoms with Crippen LogP contribution < -0.4 is 5.32 Å². The van der Waals surface area contributed by atoms with Gasteiger partial charge in [-0.2, -0.15) is 0 Å². The highest BCUT2D eigenvalue weighted by atomic mass is 16.3. The van der Waals surface area contributed by atoms with Crippen LogP contribution in [0.4, 0.5) is 0 Å². The second-order valence-corrected chi connectivity index (χ2v) is 5.09. The third-order valence-corrected chi connectivity index (χ3v) is 3.64. The standard InChI is InChI=1S/C11H19N3O3/c1-6(15)9-11(17)14-5-7(13(2)3)4-8(14)10(16)12-9/h6-9,15H,4-5H2,1-3H3,(H,12,16)/t6-,7+,8-,9+/m0/s1. The Morgan fingerprint density at radius 2 is 2.12 bits per heavy atom. The number of hydrogen-bond acceptors (Lipinski definition) is 4. The lowest BCUT2D eigenvalue weighted by atomic mass is 10.0. The molecule has 2 aliphatic rings. The van der Waals surface area contributed by atoms with E-state index in [9.17, 15) is 14.7 Å². The van der Waals surface area contributed by atoms with Gasteiger partial charge in [0.1, 0.15) is 12.1 Å². The van der Waals surface area contributed by atoms with Crippen LogP contribution in [0.2, 0.25) is 0 Å². The predicted octanol–water partition coefficient (Wildman–Crippen LogP) is -1.60. The number of fused-ring (bicyclic) bond motifs is 1. The molecule has 17 heavy (non-hydrogen) atoms.